The van der Waals surface area contributed by atoms with Crippen LogP contribution in [0.15, 0.2) is 47.4 Å². The molecule has 2 aromatic rings. The molecule has 0 saturated heterocycles. The van der Waals surface area contributed by atoms with Gasteiger partial charge in [0, 0.05) is 45.6 Å². The predicted octanol–water partition coefficient (Wildman–Crippen LogP) is 2.39. The van der Waals surface area contributed by atoms with Crippen molar-refractivity contribution in [2.45, 2.75) is 4.90 Å². The van der Waals surface area contributed by atoms with Gasteiger partial charge in [-0.2, -0.15) is 0 Å². The molecule has 0 aliphatic heterocycles. The minimum atomic E-state index is -3.66. The zero-order valence-corrected chi connectivity index (χ0v) is 11.7. The Kier molecular flexibility index (Phi) is 4.20. The molecule has 0 amide bonds. The van der Waals surface area contributed by atoms with Crippen LogP contribution in [0.4, 0.5) is 0 Å². The van der Waals surface area contributed by atoms with E-state index in [1.165, 1.54) is 6.07 Å². The number of benzene rings is 2. The molecule has 1 radical (unpaired) electrons. The molecular weight excluding hydrogens is 243 g/mol. The molecule has 0 bridgehead atoms. The van der Waals surface area contributed by atoms with Crippen molar-refractivity contribution in [3.63, 3.8) is 0 Å². The molecular formula is C10H7ClNaO2S. The van der Waals surface area contributed by atoms with Crippen LogP contribution in [-0.2, 0) is 9.05 Å². The quantitative estimate of drug-likeness (QED) is 0.574. The van der Waals surface area contributed by atoms with E-state index < -0.39 is 9.05 Å². The van der Waals surface area contributed by atoms with Crippen molar-refractivity contribution in [3.05, 3.63) is 42.5 Å². The first-order valence-corrected chi connectivity index (χ1v) is 6.32. The van der Waals surface area contributed by atoms with Crippen LogP contribution in [0.3, 0.4) is 0 Å². The summed E-state index contributed by atoms with van der Waals surface area (Å²) in [4.78, 5) is 0.164. The molecule has 2 aromatic carbocycles. The molecule has 0 heterocycles. The molecule has 0 aliphatic carbocycles. The molecule has 0 N–H and O–H groups in total. The largest absolute Gasteiger partial charge is 0.261 e. The molecule has 73 valence electrons. The van der Waals surface area contributed by atoms with Crippen LogP contribution in [0.25, 0.3) is 10.8 Å². The monoisotopic (exact) mass is 249 g/mol. The molecule has 15 heavy (non-hydrogen) atoms. The third-order valence-electron chi connectivity index (χ3n) is 2.01. The van der Waals surface area contributed by atoms with Gasteiger partial charge >= 0.3 is 0 Å². The van der Waals surface area contributed by atoms with E-state index in [1.54, 1.807) is 18.2 Å². The summed E-state index contributed by atoms with van der Waals surface area (Å²) < 4.78 is 22.4. The van der Waals surface area contributed by atoms with Gasteiger partial charge in [0.2, 0.25) is 0 Å². The fourth-order valence-electron chi connectivity index (χ4n) is 1.41. The van der Waals surface area contributed by atoms with Crippen molar-refractivity contribution in [1.29, 1.82) is 0 Å². The van der Waals surface area contributed by atoms with Crippen LogP contribution in [0, 0.1) is 0 Å². The van der Waals surface area contributed by atoms with E-state index in [9.17, 15) is 8.42 Å². The van der Waals surface area contributed by atoms with Gasteiger partial charge in [-0.05, 0) is 11.5 Å². The molecule has 0 aliphatic rings. The third-order valence-corrected chi connectivity index (χ3v) is 3.39. The molecule has 0 aromatic heterocycles. The second kappa shape index (κ2) is 4.85. The maximum Gasteiger partial charge on any atom is 0.261 e. The summed E-state index contributed by atoms with van der Waals surface area (Å²) in [5.41, 5.74) is 0. The average Bonchev–Trinajstić information content (AvgIpc) is 2.15. The number of fused-ring (bicyclic) bond motifs is 1. The Labute approximate surface area is 115 Å². The minimum Gasteiger partial charge on any atom is -0.207 e. The zero-order valence-electron chi connectivity index (χ0n) is 8.14. The summed E-state index contributed by atoms with van der Waals surface area (Å²) in [5.74, 6) is 0. The summed E-state index contributed by atoms with van der Waals surface area (Å²) in [6.45, 7) is 0. The maximum absolute atomic E-state index is 11.2. The molecule has 0 atom stereocenters. The van der Waals surface area contributed by atoms with E-state index in [2.05, 4.69) is 0 Å². The Morgan fingerprint density at radius 3 is 2.20 bits per heavy atom. The smallest absolute Gasteiger partial charge is 0.207 e. The Morgan fingerprint density at radius 1 is 0.933 bits per heavy atom. The zero-order chi connectivity index (χ0) is 10.2. The Balaban J connectivity index is 0.00000112. The van der Waals surface area contributed by atoms with Crippen LogP contribution in [-0.4, -0.2) is 38.0 Å². The van der Waals surface area contributed by atoms with Gasteiger partial charge in [0.05, 0.1) is 4.90 Å². The summed E-state index contributed by atoms with van der Waals surface area (Å²) >= 11 is 0. The molecule has 0 unspecified atom stereocenters. The van der Waals surface area contributed by atoms with Gasteiger partial charge in [0.1, 0.15) is 0 Å². The first-order valence-electron chi connectivity index (χ1n) is 4.01. The molecule has 2 nitrogen and oxygen atoms in total. The summed E-state index contributed by atoms with van der Waals surface area (Å²) in [6, 6.07) is 12.3. The predicted molar refractivity (Wildman–Crippen MR) is 62.7 cm³/mol. The van der Waals surface area contributed by atoms with E-state index in [0.717, 1.165) is 5.39 Å². The maximum atomic E-state index is 11.2. The van der Waals surface area contributed by atoms with Crippen molar-refractivity contribution < 1.29 is 8.42 Å². The fourth-order valence-corrected chi connectivity index (χ4v) is 2.50. The number of halogens is 1. The van der Waals surface area contributed by atoms with Crippen molar-refractivity contribution in [2.75, 3.05) is 0 Å². The van der Waals surface area contributed by atoms with Gasteiger partial charge in [-0.3, -0.25) is 0 Å². The third kappa shape index (κ3) is 2.74. The van der Waals surface area contributed by atoms with E-state index in [-0.39, 0.29) is 34.5 Å². The number of hydrogen-bond acceptors (Lipinski definition) is 2. The van der Waals surface area contributed by atoms with Crippen molar-refractivity contribution in [2.24, 2.45) is 0 Å². The fraction of sp³-hybridized carbons (Fsp3) is 0. The van der Waals surface area contributed by atoms with Crippen molar-refractivity contribution >= 4 is 60.1 Å². The first-order chi connectivity index (χ1) is 6.59. The van der Waals surface area contributed by atoms with Gasteiger partial charge in [-0.15, -0.1) is 0 Å². The summed E-state index contributed by atoms with van der Waals surface area (Å²) in [6.07, 6.45) is 0. The molecule has 0 spiro atoms. The molecule has 0 fully saturated rings. The summed E-state index contributed by atoms with van der Waals surface area (Å²) in [5, 5.41) is 1.53. The van der Waals surface area contributed by atoms with Crippen LogP contribution in [0.5, 0.6) is 0 Å². The van der Waals surface area contributed by atoms with Crippen LogP contribution in [0.2, 0.25) is 0 Å². The normalized spacial score (nSPS) is 11.0. The van der Waals surface area contributed by atoms with Crippen molar-refractivity contribution in [1.82, 2.24) is 0 Å². The van der Waals surface area contributed by atoms with Gasteiger partial charge in [-0.1, -0.05) is 36.4 Å². The molecule has 0 saturated carbocycles. The average molecular weight is 250 g/mol. The Hall–Kier alpha value is -0.0600. The van der Waals surface area contributed by atoms with E-state index in [1.807, 2.05) is 18.2 Å². The van der Waals surface area contributed by atoms with Crippen LogP contribution < -0.4 is 0 Å². The van der Waals surface area contributed by atoms with Crippen LogP contribution >= 0.6 is 10.7 Å². The SMILES string of the molecule is O=S(=O)(Cl)c1cccc2ccccc12.[Na]. The van der Waals surface area contributed by atoms with Crippen molar-refractivity contribution in [3.8, 4) is 0 Å². The topological polar surface area (TPSA) is 34.1 Å². The second-order valence-electron chi connectivity index (χ2n) is 2.92. The van der Waals surface area contributed by atoms with Gasteiger partial charge < -0.3 is 0 Å². The van der Waals surface area contributed by atoms with Gasteiger partial charge in [-0.25, -0.2) is 8.42 Å². The molecule has 2 rings (SSSR count). The number of rotatable bonds is 1. The van der Waals surface area contributed by atoms with E-state index >= 15 is 0 Å². The summed E-state index contributed by atoms with van der Waals surface area (Å²) in [7, 11) is 1.65. The Morgan fingerprint density at radius 2 is 1.53 bits per heavy atom. The first kappa shape index (κ1) is 13.0. The van der Waals surface area contributed by atoms with Gasteiger partial charge in [0.15, 0.2) is 0 Å². The second-order valence-corrected chi connectivity index (χ2v) is 5.45. The van der Waals surface area contributed by atoms with Crippen LogP contribution in [0.1, 0.15) is 0 Å². The van der Waals surface area contributed by atoms with E-state index in [4.69, 9.17) is 10.7 Å². The van der Waals surface area contributed by atoms with Gasteiger partial charge in [0.25, 0.3) is 9.05 Å². The van der Waals surface area contributed by atoms with E-state index in [0.29, 0.717) is 5.39 Å². The standard InChI is InChI=1S/C10H7ClO2S.Na/c11-14(12,13)10-7-3-5-8-4-1-2-6-9(8)10;/h1-7H;. The number of hydrogen-bond donors (Lipinski definition) is 0. The Bertz CT molecular complexity index is 575. The molecule has 5 heteroatoms. The minimum absolute atomic E-state index is 0.